The average molecular weight is 545 g/mol. The molecule has 0 aliphatic carbocycles. The maximum absolute atomic E-state index is 12.8. The van der Waals surface area contributed by atoms with E-state index in [0.29, 0.717) is 4.91 Å². The van der Waals surface area contributed by atoms with E-state index in [1.165, 1.54) is 12.1 Å². The van der Waals surface area contributed by atoms with Crippen molar-refractivity contribution in [3.63, 3.8) is 0 Å². The molecule has 1 heterocycles. The molecule has 0 radical (unpaired) electrons. The van der Waals surface area contributed by atoms with Gasteiger partial charge in [-0.3, -0.25) is 15.0 Å². The van der Waals surface area contributed by atoms with E-state index >= 15 is 0 Å². The van der Waals surface area contributed by atoms with Crippen LogP contribution in [0, 0.1) is 0 Å². The van der Waals surface area contributed by atoms with Crippen LogP contribution in [0.3, 0.4) is 0 Å². The Morgan fingerprint density at radius 1 is 1.12 bits per heavy atom. The molecule has 2 aromatic rings. The van der Waals surface area contributed by atoms with Crippen LogP contribution in [0.4, 0.5) is 5.69 Å². The molecule has 33 heavy (non-hydrogen) atoms. The van der Waals surface area contributed by atoms with Crippen LogP contribution >= 0.6 is 58.8 Å². The monoisotopic (exact) mass is 543 g/mol. The fraction of sp³-hybridized carbons (Fsp3) is 0.227. The summed E-state index contributed by atoms with van der Waals surface area (Å²) in [6.07, 6.45) is 1.74. The molecule has 3 rings (SSSR count). The number of hydrazine groups is 1. The summed E-state index contributed by atoms with van der Waals surface area (Å²) in [7, 11) is 0. The van der Waals surface area contributed by atoms with Gasteiger partial charge in [0.1, 0.15) is 5.75 Å². The summed E-state index contributed by atoms with van der Waals surface area (Å²) in [5.74, 6) is -0.809. The van der Waals surface area contributed by atoms with Gasteiger partial charge in [-0.1, -0.05) is 58.7 Å². The molecule has 0 bridgehead atoms. The Morgan fingerprint density at radius 2 is 1.76 bits per heavy atom. The number of hydrogen-bond acceptors (Lipinski definition) is 6. The van der Waals surface area contributed by atoms with Crippen LogP contribution in [0.15, 0.2) is 41.3 Å². The standard InChI is InChI=1S/C22H20Cl3N3O3S2/c1-3-27(4-2)14-7-5-13(6-8-14)9-19-21(30)28(22(32)33-19)26-20(29)12-31-18-11-16(24)15(23)10-17(18)25/h5-11H,3-4,12H2,1-2H3,(H,26,29)/b19-9-. The second kappa shape index (κ2) is 11.4. The fourth-order valence-electron chi connectivity index (χ4n) is 3.00. The molecule has 174 valence electrons. The number of amides is 2. The third-order valence-electron chi connectivity index (χ3n) is 4.68. The highest BCUT2D eigenvalue weighted by molar-refractivity contribution is 8.26. The lowest BCUT2D eigenvalue weighted by atomic mass is 10.1. The van der Waals surface area contributed by atoms with Crippen LogP contribution in [0.25, 0.3) is 6.08 Å². The SMILES string of the molecule is CCN(CC)c1ccc(/C=C2\SC(=S)N(NC(=O)COc3cc(Cl)c(Cl)cc3Cl)C2=O)cc1. The number of benzene rings is 2. The number of carbonyl (C=O) groups is 2. The van der Waals surface area contributed by atoms with E-state index in [0.717, 1.165) is 41.1 Å². The first-order chi connectivity index (χ1) is 15.7. The van der Waals surface area contributed by atoms with Crippen molar-refractivity contribution in [3.8, 4) is 5.75 Å². The van der Waals surface area contributed by atoms with Crippen LogP contribution in [0.1, 0.15) is 19.4 Å². The zero-order valence-corrected chi connectivity index (χ0v) is 21.6. The smallest absolute Gasteiger partial charge is 0.285 e. The third-order valence-corrected chi connectivity index (χ3v) is 7.00. The Hall–Kier alpha value is -1.97. The molecule has 2 amide bonds. The predicted octanol–water partition coefficient (Wildman–Crippen LogP) is 5.80. The molecule has 1 aliphatic heterocycles. The highest BCUT2D eigenvalue weighted by Gasteiger charge is 2.33. The zero-order chi connectivity index (χ0) is 24.1. The van der Waals surface area contributed by atoms with Gasteiger partial charge in [0.2, 0.25) is 0 Å². The van der Waals surface area contributed by atoms with Crippen molar-refractivity contribution in [1.82, 2.24) is 10.4 Å². The number of halogens is 3. The average Bonchev–Trinajstić information content (AvgIpc) is 3.04. The zero-order valence-electron chi connectivity index (χ0n) is 17.7. The van der Waals surface area contributed by atoms with Gasteiger partial charge in [-0.2, -0.15) is 5.01 Å². The predicted molar refractivity (Wildman–Crippen MR) is 140 cm³/mol. The molecule has 1 fully saturated rings. The van der Waals surface area contributed by atoms with Crippen LogP contribution < -0.4 is 15.1 Å². The number of ether oxygens (including phenoxy) is 1. The first-order valence-electron chi connectivity index (χ1n) is 9.93. The van der Waals surface area contributed by atoms with E-state index in [9.17, 15) is 9.59 Å². The van der Waals surface area contributed by atoms with E-state index in [4.69, 9.17) is 51.8 Å². The number of nitrogens with one attached hydrogen (secondary N) is 1. The number of nitrogens with zero attached hydrogens (tertiary/aromatic N) is 2. The molecule has 0 spiro atoms. The van der Waals surface area contributed by atoms with Gasteiger partial charge in [0.25, 0.3) is 11.8 Å². The summed E-state index contributed by atoms with van der Waals surface area (Å²) >= 11 is 24.2. The van der Waals surface area contributed by atoms with Crippen molar-refractivity contribution in [2.75, 3.05) is 24.6 Å². The molecular weight excluding hydrogens is 525 g/mol. The number of thiocarbonyl (C=S) groups is 1. The summed E-state index contributed by atoms with van der Waals surface area (Å²) < 4.78 is 5.61. The number of hydrogen-bond donors (Lipinski definition) is 1. The van der Waals surface area contributed by atoms with Crippen molar-refractivity contribution in [3.05, 3.63) is 61.9 Å². The number of rotatable bonds is 8. The molecule has 6 nitrogen and oxygen atoms in total. The second-order valence-corrected chi connectivity index (χ2v) is 9.70. The molecule has 1 aliphatic rings. The fourth-order valence-corrected chi connectivity index (χ4v) is 4.77. The van der Waals surface area contributed by atoms with Gasteiger partial charge in [0, 0.05) is 24.8 Å². The van der Waals surface area contributed by atoms with Gasteiger partial charge in [-0.15, -0.1) is 0 Å². The maximum Gasteiger partial charge on any atom is 0.285 e. The minimum Gasteiger partial charge on any atom is -0.482 e. The van der Waals surface area contributed by atoms with Crippen molar-refractivity contribution >= 4 is 86.7 Å². The van der Waals surface area contributed by atoms with E-state index < -0.39 is 18.4 Å². The lowest BCUT2D eigenvalue weighted by Crippen LogP contribution is -2.46. The molecule has 0 atom stereocenters. The molecule has 2 aromatic carbocycles. The number of anilines is 1. The van der Waals surface area contributed by atoms with E-state index in [-0.39, 0.29) is 25.1 Å². The minimum absolute atomic E-state index is 0.194. The van der Waals surface area contributed by atoms with Crippen LogP contribution in [-0.2, 0) is 9.59 Å². The Labute approximate surface area is 216 Å². The van der Waals surface area contributed by atoms with E-state index in [1.807, 2.05) is 24.3 Å². The van der Waals surface area contributed by atoms with Crippen molar-refractivity contribution in [2.45, 2.75) is 13.8 Å². The number of carbonyl (C=O) groups excluding carboxylic acids is 2. The van der Waals surface area contributed by atoms with E-state index in [2.05, 4.69) is 24.2 Å². The van der Waals surface area contributed by atoms with Crippen LogP contribution in [-0.4, -0.2) is 40.8 Å². The molecule has 1 saturated heterocycles. The number of thioether (sulfide) groups is 1. The summed E-state index contributed by atoms with van der Waals surface area (Å²) in [6.45, 7) is 5.62. The minimum atomic E-state index is -0.585. The van der Waals surface area contributed by atoms with Crippen molar-refractivity contribution < 1.29 is 14.3 Å². The van der Waals surface area contributed by atoms with Crippen LogP contribution in [0.5, 0.6) is 5.75 Å². The Bertz CT molecular complexity index is 1110. The van der Waals surface area contributed by atoms with Gasteiger partial charge in [0.15, 0.2) is 10.9 Å². The third kappa shape index (κ3) is 6.33. The van der Waals surface area contributed by atoms with Gasteiger partial charge >= 0.3 is 0 Å². The largest absolute Gasteiger partial charge is 0.482 e. The van der Waals surface area contributed by atoms with Gasteiger partial charge in [-0.05, 0) is 55.9 Å². The van der Waals surface area contributed by atoms with Crippen molar-refractivity contribution in [1.29, 1.82) is 0 Å². The van der Waals surface area contributed by atoms with Gasteiger partial charge in [-0.25, -0.2) is 0 Å². The molecule has 0 saturated carbocycles. The van der Waals surface area contributed by atoms with E-state index in [1.54, 1.807) is 6.08 Å². The normalized spacial score (nSPS) is 14.7. The molecule has 0 aromatic heterocycles. The summed E-state index contributed by atoms with van der Waals surface area (Å²) in [6, 6.07) is 10.7. The second-order valence-electron chi connectivity index (χ2n) is 6.80. The summed E-state index contributed by atoms with van der Waals surface area (Å²) in [5, 5.41) is 1.74. The van der Waals surface area contributed by atoms with Gasteiger partial charge in [0.05, 0.1) is 20.0 Å². The Morgan fingerprint density at radius 3 is 2.39 bits per heavy atom. The van der Waals surface area contributed by atoms with Crippen molar-refractivity contribution in [2.24, 2.45) is 0 Å². The summed E-state index contributed by atoms with van der Waals surface area (Å²) in [5.41, 5.74) is 4.42. The first-order valence-corrected chi connectivity index (χ1v) is 12.3. The topological polar surface area (TPSA) is 61.9 Å². The summed E-state index contributed by atoms with van der Waals surface area (Å²) in [4.78, 5) is 27.7. The van der Waals surface area contributed by atoms with Crippen LogP contribution in [0.2, 0.25) is 15.1 Å². The Kier molecular flexibility index (Phi) is 8.89. The molecule has 1 N–H and O–H groups in total. The first kappa shape index (κ1) is 25.6. The highest BCUT2D eigenvalue weighted by Crippen LogP contribution is 2.34. The Balaban J connectivity index is 1.63. The molecular formula is C22H20Cl3N3O3S2. The highest BCUT2D eigenvalue weighted by atomic mass is 35.5. The van der Waals surface area contributed by atoms with Gasteiger partial charge < -0.3 is 9.64 Å². The molecule has 0 unspecified atom stereocenters. The lowest BCUT2D eigenvalue weighted by molar-refractivity contribution is -0.134. The lowest BCUT2D eigenvalue weighted by Gasteiger charge is -2.20. The quantitative estimate of drug-likeness (QED) is 0.257. The maximum atomic E-state index is 12.8. The molecule has 11 heteroatoms.